The van der Waals surface area contributed by atoms with Crippen LogP contribution in [0.15, 0.2) is 45.4 Å². The maximum absolute atomic E-state index is 11.8. The highest BCUT2D eigenvalue weighted by Crippen LogP contribution is 2.23. The molecule has 1 aromatic carbocycles. The molecular weight excluding hydrogens is 304 g/mol. The second kappa shape index (κ2) is 6.32. The van der Waals surface area contributed by atoms with E-state index in [1.165, 1.54) is 22.2 Å². The third-order valence-corrected chi connectivity index (χ3v) is 4.87. The van der Waals surface area contributed by atoms with E-state index in [1.807, 2.05) is 36.6 Å². The molecule has 1 N–H and O–H groups in total. The molecule has 21 heavy (non-hydrogen) atoms. The van der Waals surface area contributed by atoms with Gasteiger partial charge in [0.2, 0.25) is 5.91 Å². The molecule has 108 valence electrons. The van der Waals surface area contributed by atoms with E-state index in [0.29, 0.717) is 17.5 Å². The first-order valence-electron chi connectivity index (χ1n) is 6.50. The monoisotopic (exact) mass is 318 g/mol. The van der Waals surface area contributed by atoms with E-state index < -0.39 is 0 Å². The van der Waals surface area contributed by atoms with Gasteiger partial charge < -0.3 is 9.73 Å². The summed E-state index contributed by atoms with van der Waals surface area (Å²) in [6.45, 7) is 2.63. The number of carbonyl (C=O) groups is 1. The van der Waals surface area contributed by atoms with Gasteiger partial charge in [-0.3, -0.25) is 4.79 Å². The summed E-state index contributed by atoms with van der Waals surface area (Å²) in [6, 6.07) is 9.63. The van der Waals surface area contributed by atoms with Crippen molar-refractivity contribution in [3.8, 4) is 0 Å². The Morgan fingerprint density at radius 3 is 3.00 bits per heavy atom. The molecular formula is C15H14N2O2S2. The Labute approximate surface area is 130 Å². The topological polar surface area (TPSA) is 55.1 Å². The first kappa shape index (κ1) is 14.2. The summed E-state index contributed by atoms with van der Waals surface area (Å²) in [5, 5.41) is 5.47. The van der Waals surface area contributed by atoms with Gasteiger partial charge in [-0.25, -0.2) is 4.98 Å². The number of benzene rings is 1. The number of oxazole rings is 1. The fourth-order valence-corrected chi connectivity index (χ4v) is 3.37. The van der Waals surface area contributed by atoms with Crippen molar-refractivity contribution < 1.29 is 9.21 Å². The average Bonchev–Trinajstić information content (AvgIpc) is 3.08. The highest BCUT2D eigenvalue weighted by molar-refractivity contribution is 7.99. The van der Waals surface area contributed by atoms with Crippen LogP contribution in [0, 0.1) is 6.92 Å². The maximum Gasteiger partial charge on any atom is 0.257 e. The normalized spacial score (nSPS) is 10.9. The van der Waals surface area contributed by atoms with Crippen molar-refractivity contribution in [1.29, 1.82) is 0 Å². The van der Waals surface area contributed by atoms with Gasteiger partial charge in [0.25, 0.3) is 5.22 Å². The summed E-state index contributed by atoms with van der Waals surface area (Å²) in [5.74, 6) is 0.284. The van der Waals surface area contributed by atoms with Crippen LogP contribution >= 0.6 is 23.1 Å². The number of fused-ring (bicyclic) bond motifs is 1. The number of aryl methyl sites for hydroxylation is 1. The lowest BCUT2D eigenvalue weighted by molar-refractivity contribution is -0.118. The Kier molecular flexibility index (Phi) is 4.26. The van der Waals surface area contributed by atoms with Crippen LogP contribution in [0.4, 0.5) is 0 Å². The molecule has 0 radical (unpaired) electrons. The van der Waals surface area contributed by atoms with Crippen LogP contribution < -0.4 is 5.32 Å². The molecule has 0 aliphatic heterocycles. The number of rotatable bonds is 5. The smallest absolute Gasteiger partial charge is 0.257 e. The third-order valence-electron chi connectivity index (χ3n) is 3.02. The number of nitrogens with zero attached hydrogens (tertiary/aromatic N) is 1. The maximum atomic E-state index is 11.8. The Hall–Kier alpha value is -1.79. The lowest BCUT2D eigenvalue weighted by atomic mass is 10.3. The molecule has 1 amide bonds. The molecule has 0 spiro atoms. The van der Waals surface area contributed by atoms with Crippen LogP contribution in [-0.2, 0) is 11.3 Å². The number of thiophene rings is 1. The quantitative estimate of drug-likeness (QED) is 0.730. The van der Waals surface area contributed by atoms with E-state index in [2.05, 4.69) is 16.4 Å². The predicted molar refractivity (Wildman–Crippen MR) is 85.6 cm³/mol. The molecule has 0 atom stereocenters. The average molecular weight is 318 g/mol. The molecule has 0 saturated carbocycles. The van der Waals surface area contributed by atoms with Crippen LogP contribution in [-0.4, -0.2) is 16.6 Å². The van der Waals surface area contributed by atoms with Crippen molar-refractivity contribution in [2.45, 2.75) is 18.7 Å². The second-order valence-corrected chi connectivity index (χ2v) is 6.47. The van der Waals surface area contributed by atoms with Crippen molar-refractivity contribution in [1.82, 2.24) is 10.3 Å². The van der Waals surface area contributed by atoms with Gasteiger partial charge in [0.15, 0.2) is 5.58 Å². The van der Waals surface area contributed by atoms with Crippen LogP contribution in [0.1, 0.15) is 10.4 Å². The summed E-state index contributed by atoms with van der Waals surface area (Å²) >= 11 is 2.97. The molecule has 0 unspecified atom stereocenters. The van der Waals surface area contributed by atoms with E-state index in [-0.39, 0.29) is 5.91 Å². The predicted octanol–water partition coefficient (Wildman–Crippen LogP) is 3.61. The van der Waals surface area contributed by atoms with Gasteiger partial charge in [0, 0.05) is 4.88 Å². The lowest BCUT2D eigenvalue weighted by Crippen LogP contribution is -2.24. The highest BCUT2D eigenvalue weighted by atomic mass is 32.2. The zero-order chi connectivity index (χ0) is 14.7. The summed E-state index contributed by atoms with van der Waals surface area (Å²) in [5.41, 5.74) is 2.77. The van der Waals surface area contributed by atoms with Gasteiger partial charge in [-0.2, -0.15) is 0 Å². The molecule has 0 saturated heterocycles. The number of aromatic nitrogens is 1. The number of amides is 1. The van der Waals surface area contributed by atoms with Crippen LogP contribution in [0.25, 0.3) is 11.1 Å². The minimum absolute atomic E-state index is 0.0185. The minimum Gasteiger partial charge on any atom is -0.431 e. The number of nitrogens with one attached hydrogen (secondary N) is 1. The number of thioether (sulfide) groups is 1. The zero-order valence-corrected chi connectivity index (χ0v) is 13.1. The van der Waals surface area contributed by atoms with Gasteiger partial charge in [0.1, 0.15) is 5.52 Å². The number of hydrogen-bond acceptors (Lipinski definition) is 5. The van der Waals surface area contributed by atoms with Crippen molar-refractivity contribution >= 4 is 40.1 Å². The summed E-state index contributed by atoms with van der Waals surface area (Å²) in [4.78, 5) is 17.4. The van der Waals surface area contributed by atoms with Gasteiger partial charge in [-0.05, 0) is 36.1 Å². The van der Waals surface area contributed by atoms with Crippen LogP contribution in [0.2, 0.25) is 0 Å². The molecule has 0 bridgehead atoms. The van der Waals surface area contributed by atoms with Crippen molar-refractivity contribution in [2.24, 2.45) is 0 Å². The first-order chi connectivity index (χ1) is 10.2. The summed E-state index contributed by atoms with van der Waals surface area (Å²) in [6.07, 6.45) is 0. The first-order valence-corrected chi connectivity index (χ1v) is 8.37. The zero-order valence-electron chi connectivity index (χ0n) is 11.5. The number of carbonyl (C=O) groups excluding carboxylic acids is 1. The van der Waals surface area contributed by atoms with E-state index in [9.17, 15) is 4.79 Å². The molecule has 2 aromatic heterocycles. The third kappa shape index (κ3) is 3.46. The summed E-state index contributed by atoms with van der Waals surface area (Å²) in [7, 11) is 0. The van der Waals surface area contributed by atoms with Gasteiger partial charge in [-0.15, -0.1) is 11.3 Å². The second-order valence-electron chi connectivity index (χ2n) is 4.54. The minimum atomic E-state index is -0.0185. The van der Waals surface area contributed by atoms with E-state index in [1.54, 1.807) is 11.3 Å². The van der Waals surface area contributed by atoms with Crippen molar-refractivity contribution in [2.75, 3.05) is 5.75 Å². The molecule has 0 aliphatic rings. The molecule has 6 heteroatoms. The summed E-state index contributed by atoms with van der Waals surface area (Å²) < 4.78 is 5.56. The SMILES string of the molecule is Cc1ccsc1CNC(=O)CSc1nc2ccccc2o1. The van der Waals surface area contributed by atoms with Crippen molar-refractivity contribution in [3.05, 3.63) is 46.2 Å². The molecule has 0 aliphatic carbocycles. The van der Waals surface area contributed by atoms with Gasteiger partial charge in [0.05, 0.1) is 12.3 Å². The standard InChI is InChI=1S/C15H14N2O2S2/c1-10-6-7-20-13(10)8-16-14(18)9-21-15-17-11-4-2-3-5-12(11)19-15/h2-7H,8-9H2,1H3,(H,16,18). The van der Waals surface area contributed by atoms with Crippen LogP contribution in [0.5, 0.6) is 0 Å². The fraction of sp³-hybridized carbons (Fsp3) is 0.200. The Morgan fingerprint density at radius 2 is 2.24 bits per heavy atom. The van der Waals surface area contributed by atoms with E-state index in [4.69, 9.17) is 4.42 Å². The fourth-order valence-electron chi connectivity index (χ4n) is 1.86. The van der Waals surface area contributed by atoms with Gasteiger partial charge in [-0.1, -0.05) is 23.9 Å². The molecule has 0 fully saturated rings. The Bertz CT molecular complexity index is 731. The van der Waals surface area contributed by atoms with Gasteiger partial charge >= 0.3 is 0 Å². The molecule has 2 heterocycles. The Balaban J connectivity index is 1.52. The lowest BCUT2D eigenvalue weighted by Gasteiger charge is -2.03. The number of para-hydroxylation sites is 2. The Morgan fingerprint density at radius 1 is 1.38 bits per heavy atom. The number of hydrogen-bond donors (Lipinski definition) is 1. The molecule has 4 nitrogen and oxygen atoms in total. The molecule has 3 rings (SSSR count). The van der Waals surface area contributed by atoms with Crippen LogP contribution in [0.3, 0.4) is 0 Å². The molecule has 3 aromatic rings. The van der Waals surface area contributed by atoms with Crippen molar-refractivity contribution in [3.63, 3.8) is 0 Å². The highest BCUT2D eigenvalue weighted by Gasteiger charge is 2.09. The van der Waals surface area contributed by atoms with E-state index >= 15 is 0 Å². The van der Waals surface area contributed by atoms with E-state index in [0.717, 1.165) is 11.1 Å². The largest absolute Gasteiger partial charge is 0.431 e.